The average Bonchev–Trinajstić information content (AvgIpc) is 2.71. The van der Waals surface area contributed by atoms with Gasteiger partial charge in [0.2, 0.25) is 5.75 Å². The van der Waals surface area contributed by atoms with E-state index in [-0.39, 0.29) is 21.4 Å². The van der Waals surface area contributed by atoms with Crippen LogP contribution in [0.3, 0.4) is 0 Å². The summed E-state index contributed by atoms with van der Waals surface area (Å²) in [5, 5.41) is 0.693. The lowest BCUT2D eigenvalue weighted by Crippen LogP contribution is -2.11. The fourth-order valence-electron chi connectivity index (χ4n) is 2.52. The Kier molecular flexibility index (Phi) is 6.47. The van der Waals surface area contributed by atoms with Crippen LogP contribution in [0.5, 0.6) is 11.5 Å². The Labute approximate surface area is 179 Å². The Balaban J connectivity index is 1.94. The number of methoxy groups -OCH3 is 1. The molecule has 0 saturated heterocycles. The number of hydrogen-bond acceptors (Lipinski definition) is 5. The minimum Gasteiger partial charge on any atom is -0.493 e. The van der Waals surface area contributed by atoms with Gasteiger partial charge in [-0.05, 0) is 54.4 Å². The van der Waals surface area contributed by atoms with E-state index < -0.39 is 10.1 Å². The first-order valence-corrected chi connectivity index (χ1v) is 10.6. The van der Waals surface area contributed by atoms with E-state index in [1.807, 2.05) is 13.0 Å². The third kappa shape index (κ3) is 4.90. The summed E-state index contributed by atoms with van der Waals surface area (Å²) in [6, 6.07) is 16.3. The molecule has 3 aromatic carbocycles. The van der Waals surface area contributed by atoms with Gasteiger partial charge in [0.15, 0.2) is 5.75 Å². The van der Waals surface area contributed by atoms with E-state index in [0.29, 0.717) is 16.3 Å². The van der Waals surface area contributed by atoms with Crippen LogP contribution in [0.2, 0.25) is 10.0 Å². The fraction of sp³-hybridized carbons (Fsp3) is 0.0952. The number of rotatable bonds is 6. The molecule has 8 heteroatoms. The SMILES string of the molecule is COc1cc(C=Nc2cccc(Cl)c2C)cc(Cl)c1OS(=O)(=O)c1ccccc1. The van der Waals surface area contributed by atoms with Gasteiger partial charge in [-0.15, -0.1) is 0 Å². The van der Waals surface area contributed by atoms with Crippen LogP contribution in [0.1, 0.15) is 11.1 Å². The van der Waals surface area contributed by atoms with Gasteiger partial charge in [0.25, 0.3) is 0 Å². The highest BCUT2D eigenvalue weighted by Crippen LogP contribution is 2.38. The van der Waals surface area contributed by atoms with Crippen LogP contribution >= 0.6 is 23.2 Å². The zero-order valence-electron chi connectivity index (χ0n) is 15.6. The molecule has 0 heterocycles. The highest BCUT2D eigenvalue weighted by Gasteiger charge is 2.21. The third-order valence-corrected chi connectivity index (χ3v) is 5.99. The summed E-state index contributed by atoms with van der Waals surface area (Å²) in [6.45, 7) is 1.87. The van der Waals surface area contributed by atoms with Crippen LogP contribution in [0.25, 0.3) is 0 Å². The maximum absolute atomic E-state index is 12.5. The monoisotopic (exact) mass is 449 g/mol. The van der Waals surface area contributed by atoms with Gasteiger partial charge < -0.3 is 8.92 Å². The minimum absolute atomic E-state index is 0.0141. The van der Waals surface area contributed by atoms with Crippen molar-refractivity contribution in [3.8, 4) is 11.5 Å². The van der Waals surface area contributed by atoms with Crippen molar-refractivity contribution < 1.29 is 17.3 Å². The number of aliphatic imine (C=N–C) groups is 1. The summed E-state index contributed by atoms with van der Waals surface area (Å²) in [7, 11) is -2.66. The molecule has 0 fully saturated rings. The van der Waals surface area contributed by atoms with Crippen LogP contribution in [-0.4, -0.2) is 21.7 Å². The van der Waals surface area contributed by atoms with Crippen molar-refractivity contribution in [1.82, 2.24) is 0 Å². The summed E-state index contributed by atoms with van der Waals surface area (Å²) < 4.78 is 35.6. The Morgan fingerprint density at radius 1 is 0.966 bits per heavy atom. The second-order valence-corrected chi connectivity index (χ2v) is 8.39. The molecule has 0 atom stereocenters. The number of halogens is 2. The Morgan fingerprint density at radius 3 is 2.38 bits per heavy atom. The second-order valence-electron chi connectivity index (χ2n) is 6.03. The van der Waals surface area contributed by atoms with Crippen molar-refractivity contribution in [2.75, 3.05) is 7.11 Å². The van der Waals surface area contributed by atoms with E-state index in [2.05, 4.69) is 4.99 Å². The number of hydrogen-bond donors (Lipinski definition) is 0. The van der Waals surface area contributed by atoms with Crippen LogP contribution in [0.15, 0.2) is 70.6 Å². The van der Waals surface area contributed by atoms with Gasteiger partial charge in [0.05, 0.1) is 17.8 Å². The molecule has 3 aromatic rings. The molecule has 29 heavy (non-hydrogen) atoms. The highest BCUT2D eigenvalue weighted by atomic mass is 35.5. The summed E-state index contributed by atoms with van der Waals surface area (Å²) >= 11 is 12.4. The minimum atomic E-state index is -4.06. The Morgan fingerprint density at radius 2 is 1.69 bits per heavy atom. The van der Waals surface area contributed by atoms with Gasteiger partial charge in [-0.1, -0.05) is 47.5 Å². The smallest absolute Gasteiger partial charge is 0.339 e. The molecule has 5 nitrogen and oxygen atoms in total. The zero-order chi connectivity index (χ0) is 21.0. The molecule has 0 amide bonds. The molecule has 0 aliphatic heterocycles. The maximum Gasteiger partial charge on any atom is 0.339 e. The Hall–Kier alpha value is -2.54. The molecular formula is C21H17Cl2NO4S. The lowest BCUT2D eigenvalue weighted by Gasteiger charge is -2.13. The molecule has 0 aliphatic carbocycles. The maximum atomic E-state index is 12.5. The quantitative estimate of drug-likeness (QED) is 0.350. The fourth-order valence-corrected chi connectivity index (χ4v) is 3.97. The van der Waals surface area contributed by atoms with Crippen LogP contribution in [0.4, 0.5) is 5.69 Å². The van der Waals surface area contributed by atoms with Gasteiger partial charge in [0.1, 0.15) is 4.90 Å². The second kappa shape index (κ2) is 8.86. The molecular weight excluding hydrogens is 433 g/mol. The van der Waals surface area contributed by atoms with E-state index in [4.69, 9.17) is 32.1 Å². The summed E-state index contributed by atoms with van der Waals surface area (Å²) in [6.07, 6.45) is 1.59. The number of benzene rings is 3. The molecule has 0 saturated carbocycles. The highest BCUT2D eigenvalue weighted by molar-refractivity contribution is 7.87. The molecule has 3 rings (SSSR count). The first-order chi connectivity index (χ1) is 13.8. The van der Waals surface area contributed by atoms with E-state index >= 15 is 0 Å². The summed E-state index contributed by atoms with van der Waals surface area (Å²) in [5.41, 5.74) is 2.16. The van der Waals surface area contributed by atoms with Crippen molar-refractivity contribution in [1.29, 1.82) is 0 Å². The van der Waals surface area contributed by atoms with Gasteiger partial charge in [-0.2, -0.15) is 8.42 Å². The van der Waals surface area contributed by atoms with E-state index in [1.54, 1.807) is 48.7 Å². The molecule has 0 aromatic heterocycles. The van der Waals surface area contributed by atoms with Crippen molar-refractivity contribution in [2.45, 2.75) is 11.8 Å². The van der Waals surface area contributed by atoms with Crippen LogP contribution < -0.4 is 8.92 Å². The third-order valence-electron chi connectivity index (χ3n) is 4.07. The Bertz CT molecular complexity index is 1160. The van der Waals surface area contributed by atoms with Crippen LogP contribution in [-0.2, 0) is 10.1 Å². The first-order valence-electron chi connectivity index (χ1n) is 8.48. The van der Waals surface area contributed by atoms with Crippen molar-refractivity contribution in [3.63, 3.8) is 0 Å². The van der Waals surface area contributed by atoms with E-state index in [9.17, 15) is 8.42 Å². The normalized spacial score (nSPS) is 11.6. The van der Waals surface area contributed by atoms with Crippen molar-refractivity contribution >= 4 is 45.2 Å². The van der Waals surface area contributed by atoms with Crippen molar-refractivity contribution in [2.24, 2.45) is 4.99 Å². The largest absolute Gasteiger partial charge is 0.493 e. The lowest BCUT2D eigenvalue weighted by atomic mass is 10.2. The molecule has 0 bridgehead atoms. The molecule has 150 valence electrons. The number of nitrogens with zero attached hydrogens (tertiary/aromatic N) is 1. The molecule has 0 spiro atoms. The lowest BCUT2D eigenvalue weighted by molar-refractivity contribution is 0.390. The van der Waals surface area contributed by atoms with Gasteiger partial charge in [0, 0.05) is 11.2 Å². The standard InChI is InChI=1S/C21H17Cl2NO4S/c1-14-17(22)9-6-10-19(14)24-13-15-11-18(23)21(20(12-15)27-2)28-29(25,26)16-7-4-3-5-8-16/h3-13H,1-2H3. The van der Waals surface area contributed by atoms with Crippen molar-refractivity contribution in [3.05, 3.63) is 81.8 Å². The topological polar surface area (TPSA) is 65.0 Å². The van der Waals surface area contributed by atoms with Gasteiger partial charge >= 0.3 is 10.1 Å². The average molecular weight is 450 g/mol. The molecule has 0 aliphatic rings. The summed E-state index contributed by atoms with van der Waals surface area (Å²) in [5.74, 6) is 0.0791. The number of ether oxygens (including phenoxy) is 1. The molecule has 0 radical (unpaired) electrons. The van der Waals surface area contributed by atoms with E-state index in [0.717, 1.165) is 5.56 Å². The molecule has 0 unspecified atom stereocenters. The summed E-state index contributed by atoms with van der Waals surface area (Å²) in [4.78, 5) is 4.44. The van der Waals surface area contributed by atoms with E-state index in [1.165, 1.54) is 19.2 Å². The van der Waals surface area contributed by atoms with Gasteiger partial charge in [-0.3, -0.25) is 4.99 Å². The van der Waals surface area contributed by atoms with Gasteiger partial charge in [-0.25, -0.2) is 0 Å². The molecule has 0 N–H and O–H groups in total. The predicted molar refractivity (Wildman–Crippen MR) is 116 cm³/mol. The predicted octanol–water partition coefficient (Wildman–Crippen LogP) is 5.83. The first kappa shape index (κ1) is 21.2. The van der Waals surface area contributed by atoms with Crippen LogP contribution in [0, 0.1) is 6.92 Å². The zero-order valence-corrected chi connectivity index (χ0v) is 17.9.